The number of hydrogen-bond donors (Lipinski definition) is 2. The van der Waals surface area contributed by atoms with E-state index in [9.17, 15) is 22.4 Å². The fourth-order valence-electron chi connectivity index (χ4n) is 4.06. The lowest BCUT2D eigenvalue weighted by molar-refractivity contribution is -0.139. The average Bonchev–Trinajstić information content (AvgIpc) is 2.84. The van der Waals surface area contributed by atoms with Gasteiger partial charge in [-0.05, 0) is 50.1 Å². The summed E-state index contributed by atoms with van der Waals surface area (Å²) in [6.07, 6.45) is 0.660. The summed E-state index contributed by atoms with van der Waals surface area (Å²) < 4.78 is 46.2. The van der Waals surface area contributed by atoms with E-state index in [1.165, 1.54) is 30.3 Å². The van der Waals surface area contributed by atoms with Crippen molar-refractivity contribution in [2.75, 3.05) is 26.2 Å². The molecule has 2 N–H and O–H groups in total. The van der Waals surface area contributed by atoms with Crippen molar-refractivity contribution in [3.05, 3.63) is 59.9 Å². The van der Waals surface area contributed by atoms with Crippen molar-refractivity contribution >= 4 is 22.0 Å². The minimum Gasteiger partial charge on any atom is -0.482 e. The van der Waals surface area contributed by atoms with Crippen LogP contribution in [0.15, 0.2) is 53.4 Å². The van der Waals surface area contributed by atoms with Gasteiger partial charge in [0.05, 0.1) is 0 Å². The van der Waals surface area contributed by atoms with Gasteiger partial charge in [-0.2, -0.15) is 0 Å². The summed E-state index contributed by atoms with van der Waals surface area (Å²) in [5, 5.41) is 2.45. The predicted octanol–water partition coefficient (Wildman–Crippen LogP) is 2.72. The molecule has 0 radical (unpaired) electrons. The summed E-state index contributed by atoms with van der Waals surface area (Å²) in [4.78, 5) is 28.6. The number of sulfonamides is 1. The van der Waals surface area contributed by atoms with Gasteiger partial charge in [0.1, 0.15) is 16.5 Å². The van der Waals surface area contributed by atoms with Crippen LogP contribution in [0.2, 0.25) is 0 Å². The lowest BCUT2D eigenvalue weighted by Crippen LogP contribution is -2.58. The van der Waals surface area contributed by atoms with E-state index in [1.807, 2.05) is 25.5 Å². The van der Waals surface area contributed by atoms with E-state index < -0.39 is 16.1 Å². The van der Waals surface area contributed by atoms with Gasteiger partial charge < -0.3 is 15.0 Å². The average molecular weight is 521 g/mol. The van der Waals surface area contributed by atoms with Gasteiger partial charge in [-0.3, -0.25) is 9.69 Å². The molecule has 0 spiro atoms. The van der Waals surface area contributed by atoms with Gasteiger partial charge in [0.2, 0.25) is 0 Å². The fraction of sp³-hybridized carbons (Fsp3) is 0.440. The SMILES string of the molecule is CCCNC(=O)NS(=O)(=O)c1ccccc1OCC(=O)N1CC(C)N(Cc2ccc(F)cc2)CC1C. The Morgan fingerprint density at radius 1 is 1.06 bits per heavy atom. The predicted molar refractivity (Wildman–Crippen MR) is 133 cm³/mol. The number of halogens is 1. The second-order valence-corrected chi connectivity index (χ2v) is 10.5. The van der Waals surface area contributed by atoms with Gasteiger partial charge in [0.25, 0.3) is 15.9 Å². The monoisotopic (exact) mass is 520 g/mol. The molecule has 1 aliphatic rings. The van der Waals surface area contributed by atoms with Crippen molar-refractivity contribution in [2.24, 2.45) is 0 Å². The molecule has 2 atom stereocenters. The maximum Gasteiger partial charge on any atom is 0.328 e. The highest BCUT2D eigenvalue weighted by Crippen LogP contribution is 2.24. The van der Waals surface area contributed by atoms with E-state index in [0.29, 0.717) is 32.6 Å². The van der Waals surface area contributed by atoms with E-state index in [2.05, 4.69) is 10.2 Å². The van der Waals surface area contributed by atoms with E-state index in [0.717, 1.165) is 5.56 Å². The number of benzene rings is 2. The molecule has 11 heteroatoms. The first-order valence-electron chi connectivity index (χ1n) is 11.9. The van der Waals surface area contributed by atoms with Crippen LogP contribution < -0.4 is 14.8 Å². The highest BCUT2D eigenvalue weighted by atomic mass is 32.2. The Bertz CT molecular complexity index is 1160. The molecular formula is C25H33FN4O5S. The number of carbonyl (C=O) groups is 2. The maximum absolute atomic E-state index is 13.2. The number of nitrogens with one attached hydrogen (secondary N) is 2. The zero-order valence-electron chi connectivity index (χ0n) is 20.7. The van der Waals surface area contributed by atoms with Gasteiger partial charge in [-0.25, -0.2) is 22.3 Å². The van der Waals surface area contributed by atoms with Crippen molar-refractivity contribution in [1.82, 2.24) is 19.8 Å². The zero-order chi connectivity index (χ0) is 26.3. The minimum absolute atomic E-state index is 0.0164. The van der Waals surface area contributed by atoms with Crippen LogP contribution in [-0.2, 0) is 21.4 Å². The van der Waals surface area contributed by atoms with Crippen LogP contribution in [0.5, 0.6) is 5.75 Å². The Balaban J connectivity index is 1.61. The molecule has 1 heterocycles. The summed E-state index contributed by atoms with van der Waals surface area (Å²) in [7, 11) is -4.19. The summed E-state index contributed by atoms with van der Waals surface area (Å²) in [5.41, 5.74) is 0.994. The molecule has 1 fully saturated rings. The topological polar surface area (TPSA) is 108 Å². The van der Waals surface area contributed by atoms with Crippen molar-refractivity contribution in [2.45, 2.75) is 50.7 Å². The molecule has 0 aliphatic carbocycles. The third kappa shape index (κ3) is 7.17. The molecule has 9 nitrogen and oxygen atoms in total. The molecule has 2 aromatic rings. The number of nitrogens with zero attached hydrogens (tertiary/aromatic N) is 2. The van der Waals surface area contributed by atoms with Crippen LogP contribution in [0.3, 0.4) is 0 Å². The maximum atomic E-state index is 13.2. The molecule has 1 saturated heterocycles. The lowest BCUT2D eigenvalue weighted by Gasteiger charge is -2.44. The molecule has 0 aromatic heterocycles. The van der Waals surface area contributed by atoms with Crippen molar-refractivity contribution < 1.29 is 27.1 Å². The van der Waals surface area contributed by atoms with Gasteiger partial charge in [0, 0.05) is 38.3 Å². The van der Waals surface area contributed by atoms with Crippen molar-refractivity contribution in [1.29, 1.82) is 0 Å². The number of rotatable bonds is 9. The fourth-order valence-corrected chi connectivity index (χ4v) is 5.13. The van der Waals surface area contributed by atoms with Crippen LogP contribution in [0, 0.1) is 5.82 Å². The Labute approximate surface area is 211 Å². The molecule has 1 aliphatic heterocycles. The number of carbonyl (C=O) groups excluding carboxylic acids is 2. The summed E-state index contributed by atoms with van der Waals surface area (Å²) in [6, 6.07) is 11.4. The second kappa shape index (κ2) is 12.2. The highest BCUT2D eigenvalue weighted by Gasteiger charge is 2.32. The van der Waals surface area contributed by atoms with E-state index in [-0.39, 0.29) is 41.1 Å². The Morgan fingerprint density at radius 3 is 2.44 bits per heavy atom. The normalized spacial score (nSPS) is 18.5. The lowest BCUT2D eigenvalue weighted by atomic mass is 10.1. The van der Waals surface area contributed by atoms with E-state index in [1.54, 1.807) is 23.1 Å². The third-order valence-corrected chi connectivity index (χ3v) is 7.36. The summed E-state index contributed by atoms with van der Waals surface area (Å²) >= 11 is 0. The van der Waals surface area contributed by atoms with Gasteiger partial charge in [-0.15, -0.1) is 0 Å². The number of hydrogen-bond acceptors (Lipinski definition) is 6. The first-order valence-corrected chi connectivity index (χ1v) is 13.4. The Hall–Kier alpha value is -3.18. The Kier molecular flexibility index (Phi) is 9.27. The number of ether oxygens (including phenoxy) is 1. The quantitative estimate of drug-likeness (QED) is 0.527. The number of para-hydroxylation sites is 1. The molecule has 3 rings (SSSR count). The minimum atomic E-state index is -4.19. The van der Waals surface area contributed by atoms with Crippen LogP contribution in [0.25, 0.3) is 0 Å². The van der Waals surface area contributed by atoms with Gasteiger partial charge in [0.15, 0.2) is 6.61 Å². The van der Waals surface area contributed by atoms with Crippen molar-refractivity contribution in [3.63, 3.8) is 0 Å². The third-order valence-electron chi connectivity index (χ3n) is 5.99. The smallest absolute Gasteiger partial charge is 0.328 e. The molecule has 2 unspecified atom stereocenters. The van der Waals surface area contributed by atoms with Crippen LogP contribution in [0.1, 0.15) is 32.8 Å². The first kappa shape index (κ1) is 27.4. The molecule has 3 amide bonds. The number of piperazine rings is 1. The molecule has 0 saturated carbocycles. The summed E-state index contributed by atoms with van der Waals surface area (Å²) in [5.74, 6) is -0.561. The van der Waals surface area contributed by atoms with E-state index >= 15 is 0 Å². The highest BCUT2D eigenvalue weighted by molar-refractivity contribution is 7.90. The molecule has 0 bridgehead atoms. The standard InChI is InChI=1S/C25H33FN4O5S/c1-4-13-27-25(32)28-36(33,34)23-8-6-5-7-22(23)35-17-24(31)30-15-18(2)29(14-19(30)3)16-20-9-11-21(26)12-10-20/h5-12,18-19H,4,13-17H2,1-3H3,(H2,27,28,32). The largest absolute Gasteiger partial charge is 0.482 e. The second-order valence-electron chi connectivity index (χ2n) is 8.90. The van der Waals surface area contributed by atoms with E-state index in [4.69, 9.17) is 4.74 Å². The molecule has 36 heavy (non-hydrogen) atoms. The van der Waals surface area contributed by atoms with Gasteiger partial charge in [-0.1, -0.05) is 31.2 Å². The number of urea groups is 1. The molecular weight excluding hydrogens is 487 g/mol. The van der Waals surface area contributed by atoms with Crippen LogP contribution >= 0.6 is 0 Å². The van der Waals surface area contributed by atoms with Crippen LogP contribution in [0.4, 0.5) is 9.18 Å². The first-order chi connectivity index (χ1) is 17.1. The molecule has 2 aromatic carbocycles. The summed E-state index contributed by atoms with van der Waals surface area (Å²) in [6.45, 7) is 7.56. The van der Waals surface area contributed by atoms with Gasteiger partial charge >= 0.3 is 6.03 Å². The molecule has 196 valence electrons. The number of amides is 3. The van der Waals surface area contributed by atoms with Crippen LogP contribution in [-0.4, -0.2) is 68.5 Å². The van der Waals surface area contributed by atoms with Crippen molar-refractivity contribution in [3.8, 4) is 5.75 Å². The Morgan fingerprint density at radius 2 is 1.75 bits per heavy atom. The zero-order valence-corrected chi connectivity index (χ0v) is 21.6.